The quantitative estimate of drug-likeness (QED) is 0.647. The van der Waals surface area contributed by atoms with E-state index in [-0.39, 0.29) is 18.5 Å². The summed E-state index contributed by atoms with van der Waals surface area (Å²) in [5, 5.41) is 2.83. The Labute approximate surface area is 74.7 Å². The van der Waals surface area contributed by atoms with Gasteiger partial charge in [0.2, 0.25) is 5.91 Å². The van der Waals surface area contributed by atoms with Gasteiger partial charge in [-0.2, -0.15) is 0 Å². The molecule has 0 aromatic carbocycles. The lowest BCUT2D eigenvalue weighted by Gasteiger charge is -2.16. The fourth-order valence-electron chi connectivity index (χ4n) is 1.16. The summed E-state index contributed by atoms with van der Waals surface area (Å²) in [5.74, 6) is 0.601. The highest BCUT2D eigenvalue weighted by Crippen LogP contribution is 2.08. The second-order valence-electron chi connectivity index (χ2n) is 3.42. The first-order chi connectivity index (χ1) is 5.60. The highest BCUT2D eigenvalue weighted by Gasteiger charge is 2.08. The Morgan fingerprint density at radius 3 is 2.50 bits per heavy atom. The molecular formula is C9H20N2O. The average molecular weight is 172 g/mol. The number of rotatable bonds is 5. The van der Waals surface area contributed by atoms with Crippen molar-refractivity contribution in [2.75, 3.05) is 6.54 Å². The normalized spacial score (nSPS) is 15.3. The van der Waals surface area contributed by atoms with E-state index in [0.717, 1.165) is 12.8 Å². The molecule has 0 aliphatic rings. The van der Waals surface area contributed by atoms with Gasteiger partial charge < -0.3 is 11.1 Å². The van der Waals surface area contributed by atoms with Gasteiger partial charge in [-0.15, -0.1) is 0 Å². The monoisotopic (exact) mass is 172 g/mol. The first-order valence-electron chi connectivity index (χ1n) is 4.59. The first kappa shape index (κ1) is 11.4. The molecule has 72 valence electrons. The van der Waals surface area contributed by atoms with E-state index in [9.17, 15) is 4.79 Å². The maximum atomic E-state index is 10.9. The Balaban J connectivity index is 3.58. The summed E-state index contributed by atoms with van der Waals surface area (Å²) in [4.78, 5) is 10.9. The Morgan fingerprint density at radius 1 is 1.50 bits per heavy atom. The molecule has 0 radical (unpaired) electrons. The van der Waals surface area contributed by atoms with Crippen LogP contribution in [0.15, 0.2) is 0 Å². The van der Waals surface area contributed by atoms with Gasteiger partial charge >= 0.3 is 0 Å². The summed E-state index contributed by atoms with van der Waals surface area (Å²) >= 11 is 0. The van der Waals surface area contributed by atoms with Crippen LogP contribution in [0.5, 0.6) is 0 Å². The molecule has 0 aromatic rings. The van der Waals surface area contributed by atoms with Gasteiger partial charge in [0.15, 0.2) is 0 Å². The Bertz CT molecular complexity index is 136. The van der Waals surface area contributed by atoms with Crippen LogP contribution >= 0.6 is 0 Å². The molecule has 1 amide bonds. The molecule has 3 heteroatoms. The van der Waals surface area contributed by atoms with Crippen LogP contribution in [-0.2, 0) is 4.79 Å². The minimum atomic E-state index is -0.0641. The summed E-state index contributed by atoms with van der Waals surface area (Å²) in [6.45, 7) is 6.44. The predicted molar refractivity (Wildman–Crippen MR) is 50.7 cm³/mol. The van der Waals surface area contributed by atoms with Crippen LogP contribution in [0.2, 0.25) is 0 Å². The number of amides is 1. The van der Waals surface area contributed by atoms with Gasteiger partial charge in [0.1, 0.15) is 0 Å². The maximum absolute atomic E-state index is 10.9. The van der Waals surface area contributed by atoms with Crippen LogP contribution < -0.4 is 11.1 Å². The third-order valence-electron chi connectivity index (χ3n) is 2.05. The van der Waals surface area contributed by atoms with Gasteiger partial charge in [-0.3, -0.25) is 4.79 Å². The van der Waals surface area contributed by atoms with Gasteiger partial charge in [0, 0.05) is 6.04 Å². The van der Waals surface area contributed by atoms with E-state index in [1.54, 1.807) is 0 Å². The Morgan fingerprint density at radius 2 is 2.08 bits per heavy atom. The van der Waals surface area contributed by atoms with E-state index in [1.165, 1.54) is 0 Å². The number of carbonyl (C=O) groups is 1. The molecule has 0 bridgehead atoms. The number of hydrogen-bond acceptors (Lipinski definition) is 2. The van der Waals surface area contributed by atoms with E-state index in [1.807, 2.05) is 6.92 Å². The van der Waals surface area contributed by atoms with Crippen molar-refractivity contribution < 1.29 is 4.79 Å². The van der Waals surface area contributed by atoms with Crippen LogP contribution in [-0.4, -0.2) is 18.5 Å². The SMILES string of the molecule is CCC(C)CC(C)NC(=O)CN. The van der Waals surface area contributed by atoms with Crippen molar-refractivity contribution in [2.24, 2.45) is 11.7 Å². The van der Waals surface area contributed by atoms with Crippen molar-refractivity contribution in [1.82, 2.24) is 5.32 Å². The zero-order chi connectivity index (χ0) is 9.56. The lowest BCUT2D eigenvalue weighted by atomic mass is 10.0. The lowest BCUT2D eigenvalue weighted by Crippen LogP contribution is -2.37. The van der Waals surface area contributed by atoms with Crippen molar-refractivity contribution >= 4 is 5.91 Å². The van der Waals surface area contributed by atoms with Crippen LogP contribution in [0.4, 0.5) is 0 Å². The van der Waals surface area contributed by atoms with Gasteiger partial charge in [-0.25, -0.2) is 0 Å². The molecule has 3 nitrogen and oxygen atoms in total. The van der Waals surface area contributed by atoms with Crippen molar-refractivity contribution in [2.45, 2.75) is 39.7 Å². The van der Waals surface area contributed by atoms with Crippen LogP contribution in [0.1, 0.15) is 33.6 Å². The summed E-state index contributed by atoms with van der Waals surface area (Å²) in [6, 6.07) is 0.246. The summed E-state index contributed by atoms with van der Waals surface area (Å²) in [6.07, 6.45) is 2.19. The zero-order valence-corrected chi connectivity index (χ0v) is 8.26. The molecule has 12 heavy (non-hydrogen) atoms. The number of carbonyl (C=O) groups excluding carboxylic acids is 1. The highest BCUT2D eigenvalue weighted by atomic mass is 16.1. The van der Waals surface area contributed by atoms with E-state index in [0.29, 0.717) is 5.92 Å². The van der Waals surface area contributed by atoms with Gasteiger partial charge in [0.25, 0.3) is 0 Å². The largest absolute Gasteiger partial charge is 0.353 e. The highest BCUT2D eigenvalue weighted by molar-refractivity contribution is 5.77. The maximum Gasteiger partial charge on any atom is 0.233 e. The lowest BCUT2D eigenvalue weighted by molar-refractivity contribution is -0.120. The summed E-state index contributed by atoms with van der Waals surface area (Å²) in [7, 11) is 0. The number of nitrogens with two attached hydrogens (primary N) is 1. The van der Waals surface area contributed by atoms with Crippen LogP contribution in [0.3, 0.4) is 0 Å². The van der Waals surface area contributed by atoms with Crippen LogP contribution in [0, 0.1) is 5.92 Å². The summed E-state index contributed by atoms with van der Waals surface area (Å²) in [5.41, 5.74) is 5.17. The van der Waals surface area contributed by atoms with Gasteiger partial charge in [-0.1, -0.05) is 20.3 Å². The van der Waals surface area contributed by atoms with E-state index >= 15 is 0 Å². The predicted octanol–water partition coefficient (Wildman–Crippen LogP) is 0.886. The second-order valence-corrected chi connectivity index (χ2v) is 3.42. The molecule has 0 saturated carbocycles. The molecular weight excluding hydrogens is 152 g/mol. The third-order valence-corrected chi connectivity index (χ3v) is 2.05. The number of nitrogens with one attached hydrogen (secondary N) is 1. The van der Waals surface area contributed by atoms with Crippen molar-refractivity contribution in [3.63, 3.8) is 0 Å². The Kier molecular flexibility index (Phi) is 5.72. The minimum Gasteiger partial charge on any atom is -0.353 e. The first-order valence-corrected chi connectivity index (χ1v) is 4.59. The minimum absolute atomic E-state index is 0.0641. The molecule has 0 aromatic heterocycles. The van der Waals surface area contributed by atoms with Gasteiger partial charge in [0.05, 0.1) is 6.54 Å². The topological polar surface area (TPSA) is 55.1 Å². The van der Waals surface area contributed by atoms with Crippen molar-refractivity contribution in [1.29, 1.82) is 0 Å². The third kappa shape index (κ3) is 5.13. The second kappa shape index (κ2) is 6.00. The molecule has 0 fully saturated rings. The smallest absolute Gasteiger partial charge is 0.233 e. The molecule has 0 saturated heterocycles. The van der Waals surface area contributed by atoms with Gasteiger partial charge in [-0.05, 0) is 19.3 Å². The molecule has 0 aliphatic heterocycles. The van der Waals surface area contributed by atoms with E-state index < -0.39 is 0 Å². The van der Waals surface area contributed by atoms with Crippen LogP contribution in [0.25, 0.3) is 0 Å². The Hall–Kier alpha value is -0.570. The molecule has 0 spiro atoms. The molecule has 0 heterocycles. The molecule has 0 rings (SSSR count). The fraction of sp³-hybridized carbons (Fsp3) is 0.889. The van der Waals surface area contributed by atoms with Crippen molar-refractivity contribution in [3.8, 4) is 0 Å². The fourth-order valence-corrected chi connectivity index (χ4v) is 1.16. The summed E-state index contributed by atoms with van der Waals surface area (Å²) < 4.78 is 0. The molecule has 0 aliphatic carbocycles. The molecule has 3 N–H and O–H groups in total. The zero-order valence-electron chi connectivity index (χ0n) is 8.26. The molecule has 2 atom stereocenters. The van der Waals surface area contributed by atoms with E-state index in [4.69, 9.17) is 5.73 Å². The number of hydrogen-bond donors (Lipinski definition) is 2. The molecule has 2 unspecified atom stereocenters. The standard InChI is InChI=1S/C9H20N2O/c1-4-7(2)5-8(3)11-9(12)6-10/h7-8H,4-6,10H2,1-3H3,(H,11,12). The average Bonchev–Trinajstić information content (AvgIpc) is 2.03. The van der Waals surface area contributed by atoms with E-state index in [2.05, 4.69) is 19.2 Å². The van der Waals surface area contributed by atoms with Crippen molar-refractivity contribution in [3.05, 3.63) is 0 Å².